The van der Waals surface area contributed by atoms with Crippen LogP contribution in [0.3, 0.4) is 0 Å². The molecule has 1 heterocycles. The normalized spacial score (nSPS) is 13.8. The van der Waals surface area contributed by atoms with Crippen molar-refractivity contribution in [2.45, 2.75) is 46.1 Å². The zero-order valence-corrected chi connectivity index (χ0v) is 14.8. The van der Waals surface area contributed by atoms with E-state index in [1.165, 1.54) is 40.8 Å². The summed E-state index contributed by atoms with van der Waals surface area (Å²) in [6, 6.07) is 12.2. The lowest BCUT2D eigenvalue weighted by atomic mass is 9.95. The molecule has 0 atom stereocenters. The summed E-state index contributed by atoms with van der Waals surface area (Å²) in [5, 5.41) is 10.5. The van der Waals surface area contributed by atoms with Crippen LogP contribution in [0.4, 0.5) is 0 Å². The first-order valence-corrected chi connectivity index (χ1v) is 8.98. The van der Waals surface area contributed by atoms with E-state index < -0.39 is 5.97 Å². The number of carboxylic acids is 1. The lowest BCUT2D eigenvalue weighted by Gasteiger charge is -2.16. The van der Waals surface area contributed by atoms with Crippen molar-refractivity contribution in [3.63, 3.8) is 0 Å². The molecule has 0 saturated carbocycles. The van der Waals surface area contributed by atoms with Gasteiger partial charge in [0.2, 0.25) is 0 Å². The summed E-state index contributed by atoms with van der Waals surface area (Å²) in [4.78, 5) is 11.4. The van der Waals surface area contributed by atoms with Gasteiger partial charge in [0, 0.05) is 23.1 Å². The molecule has 1 N–H and O–H groups in total. The average molecular weight is 333 g/mol. The van der Waals surface area contributed by atoms with E-state index in [0.717, 1.165) is 30.3 Å². The SMILES string of the molecule is Cc1ccc(Cn2c3c(c4cc(C(=O)O)ccc42)CCCC3)cc1C. The zero-order valence-electron chi connectivity index (χ0n) is 14.8. The van der Waals surface area contributed by atoms with Gasteiger partial charge >= 0.3 is 5.97 Å². The third kappa shape index (κ3) is 2.74. The fourth-order valence-corrected chi connectivity index (χ4v) is 4.03. The van der Waals surface area contributed by atoms with Crippen molar-refractivity contribution in [3.8, 4) is 0 Å². The number of fused-ring (bicyclic) bond motifs is 3. The molecule has 0 unspecified atom stereocenters. The molecule has 0 fully saturated rings. The van der Waals surface area contributed by atoms with Gasteiger partial charge in [-0.25, -0.2) is 4.79 Å². The topological polar surface area (TPSA) is 42.2 Å². The predicted octanol–water partition coefficient (Wildman–Crippen LogP) is 4.88. The van der Waals surface area contributed by atoms with Crippen molar-refractivity contribution in [1.82, 2.24) is 4.57 Å². The molecule has 1 aliphatic rings. The minimum atomic E-state index is -0.853. The van der Waals surface area contributed by atoms with Crippen LogP contribution >= 0.6 is 0 Å². The minimum Gasteiger partial charge on any atom is -0.478 e. The maximum absolute atomic E-state index is 11.4. The number of rotatable bonds is 3. The highest BCUT2D eigenvalue weighted by Gasteiger charge is 2.21. The summed E-state index contributed by atoms with van der Waals surface area (Å²) in [6.07, 6.45) is 4.53. The Hall–Kier alpha value is -2.55. The Kier molecular flexibility index (Phi) is 3.87. The standard InChI is InChI=1S/C22H23NO2/c1-14-7-8-16(11-15(14)2)13-23-20-6-4-3-5-18(20)19-12-17(22(24)25)9-10-21(19)23/h7-12H,3-6,13H2,1-2H3,(H,24,25). The fraction of sp³-hybridized carbons (Fsp3) is 0.318. The number of hydrogen-bond donors (Lipinski definition) is 1. The molecule has 0 aliphatic heterocycles. The van der Waals surface area contributed by atoms with Crippen LogP contribution in [0.15, 0.2) is 36.4 Å². The fourth-order valence-electron chi connectivity index (χ4n) is 4.03. The van der Waals surface area contributed by atoms with Gasteiger partial charge in [0.25, 0.3) is 0 Å². The Morgan fingerprint density at radius 3 is 2.60 bits per heavy atom. The summed E-state index contributed by atoms with van der Waals surface area (Å²) in [7, 11) is 0. The quantitative estimate of drug-likeness (QED) is 0.742. The van der Waals surface area contributed by atoms with Crippen LogP contribution in [-0.2, 0) is 19.4 Å². The molecule has 0 saturated heterocycles. The van der Waals surface area contributed by atoms with Crippen LogP contribution in [-0.4, -0.2) is 15.6 Å². The second-order valence-electron chi connectivity index (χ2n) is 7.17. The number of benzene rings is 2. The van der Waals surface area contributed by atoms with Gasteiger partial charge in [-0.1, -0.05) is 18.2 Å². The highest BCUT2D eigenvalue weighted by atomic mass is 16.4. The Bertz CT molecular complexity index is 981. The maximum atomic E-state index is 11.4. The van der Waals surface area contributed by atoms with Crippen LogP contribution in [0.2, 0.25) is 0 Å². The molecule has 1 aromatic heterocycles. The highest BCUT2D eigenvalue weighted by Crippen LogP contribution is 2.33. The Balaban J connectivity index is 1.87. The van der Waals surface area contributed by atoms with Crippen molar-refractivity contribution in [2.24, 2.45) is 0 Å². The Morgan fingerprint density at radius 2 is 1.84 bits per heavy atom. The molecule has 3 aromatic rings. The monoisotopic (exact) mass is 333 g/mol. The van der Waals surface area contributed by atoms with Crippen LogP contribution in [0, 0.1) is 13.8 Å². The van der Waals surface area contributed by atoms with Gasteiger partial charge in [-0.05, 0) is 80.0 Å². The molecule has 0 bridgehead atoms. The third-order valence-electron chi connectivity index (χ3n) is 5.54. The van der Waals surface area contributed by atoms with Crippen LogP contribution in [0.5, 0.6) is 0 Å². The summed E-state index contributed by atoms with van der Waals surface area (Å²) < 4.78 is 2.40. The molecule has 3 heteroatoms. The van der Waals surface area contributed by atoms with Crippen molar-refractivity contribution < 1.29 is 9.90 Å². The largest absolute Gasteiger partial charge is 0.478 e. The van der Waals surface area contributed by atoms with Gasteiger partial charge in [-0.2, -0.15) is 0 Å². The van der Waals surface area contributed by atoms with E-state index in [2.05, 4.69) is 36.6 Å². The van der Waals surface area contributed by atoms with Gasteiger partial charge in [-0.15, -0.1) is 0 Å². The van der Waals surface area contributed by atoms with E-state index in [1.807, 2.05) is 12.1 Å². The van der Waals surface area contributed by atoms with E-state index in [-0.39, 0.29) is 0 Å². The van der Waals surface area contributed by atoms with E-state index in [1.54, 1.807) is 6.07 Å². The zero-order chi connectivity index (χ0) is 17.6. The number of carboxylic acid groups (broad SMARTS) is 1. The van der Waals surface area contributed by atoms with Gasteiger partial charge in [-0.3, -0.25) is 0 Å². The molecular weight excluding hydrogens is 310 g/mol. The van der Waals surface area contributed by atoms with Crippen molar-refractivity contribution in [1.29, 1.82) is 0 Å². The molecule has 0 amide bonds. The second-order valence-corrected chi connectivity index (χ2v) is 7.17. The van der Waals surface area contributed by atoms with Crippen molar-refractivity contribution >= 4 is 16.9 Å². The Labute approximate surface area is 147 Å². The number of hydrogen-bond acceptors (Lipinski definition) is 1. The highest BCUT2D eigenvalue weighted by molar-refractivity contribution is 5.95. The Morgan fingerprint density at radius 1 is 1.04 bits per heavy atom. The van der Waals surface area contributed by atoms with Crippen LogP contribution in [0.25, 0.3) is 10.9 Å². The summed E-state index contributed by atoms with van der Waals surface area (Å²) in [5.41, 5.74) is 8.22. The predicted molar refractivity (Wildman–Crippen MR) is 101 cm³/mol. The molecule has 2 aromatic carbocycles. The lowest BCUT2D eigenvalue weighted by Crippen LogP contribution is -2.09. The molecule has 3 nitrogen and oxygen atoms in total. The minimum absolute atomic E-state index is 0.379. The van der Waals surface area contributed by atoms with E-state index >= 15 is 0 Å². The number of nitrogens with zero attached hydrogens (tertiary/aromatic N) is 1. The molecule has 25 heavy (non-hydrogen) atoms. The van der Waals surface area contributed by atoms with Gasteiger partial charge < -0.3 is 9.67 Å². The smallest absolute Gasteiger partial charge is 0.335 e. The van der Waals surface area contributed by atoms with Crippen LogP contribution < -0.4 is 0 Å². The summed E-state index contributed by atoms with van der Waals surface area (Å²) >= 11 is 0. The van der Waals surface area contributed by atoms with Gasteiger partial charge in [0.15, 0.2) is 0 Å². The van der Waals surface area contributed by atoms with E-state index in [0.29, 0.717) is 5.56 Å². The summed E-state index contributed by atoms with van der Waals surface area (Å²) in [6.45, 7) is 5.14. The maximum Gasteiger partial charge on any atom is 0.335 e. The first kappa shape index (κ1) is 15.9. The number of aryl methyl sites for hydroxylation is 3. The summed E-state index contributed by atoms with van der Waals surface area (Å²) in [5.74, 6) is -0.853. The second kappa shape index (κ2) is 6.07. The molecule has 4 rings (SSSR count). The van der Waals surface area contributed by atoms with Gasteiger partial charge in [0.1, 0.15) is 0 Å². The average Bonchev–Trinajstić information content (AvgIpc) is 2.92. The number of carbonyl (C=O) groups is 1. The van der Waals surface area contributed by atoms with Gasteiger partial charge in [0.05, 0.1) is 5.56 Å². The first-order chi connectivity index (χ1) is 12.0. The van der Waals surface area contributed by atoms with E-state index in [9.17, 15) is 9.90 Å². The molecule has 1 aliphatic carbocycles. The van der Waals surface area contributed by atoms with Crippen LogP contribution in [0.1, 0.15) is 51.1 Å². The number of aromatic carboxylic acids is 1. The van der Waals surface area contributed by atoms with Crippen molar-refractivity contribution in [3.05, 3.63) is 69.9 Å². The number of aromatic nitrogens is 1. The van der Waals surface area contributed by atoms with Crippen molar-refractivity contribution in [2.75, 3.05) is 0 Å². The molecule has 0 spiro atoms. The molecule has 128 valence electrons. The van der Waals surface area contributed by atoms with E-state index in [4.69, 9.17) is 0 Å². The molecule has 0 radical (unpaired) electrons. The molecular formula is C22H23NO2. The third-order valence-corrected chi connectivity index (χ3v) is 5.54. The first-order valence-electron chi connectivity index (χ1n) is 8.98. The lowest BCUT2D eigenvalue weighted by molar-refractivity contribution is 0.0697.